The van der Waals surface area contributed by atoms with E-state index in [2.05, 4.69) is 0 Å². The smallest absolute Gasteiger partial charge is 0.334 e. The van der Waals surface area contributed by atoms with E-state index in [1.54, 1.807) is 7.11 Å². The lowest BCUT2D eigenvalue weighted by atomic mass is 10.3. The Morgan fingerprint density at radius 1 is 1.26 bits per heavy atom. The molecule has 1 aliphatic rings. The zero-order valence-electron chi connectivity index (χ0n) is 11.4. The fourth-order valence-corrected chi connectivity index (χ4v) is 1.71. The van der Waals surface area contributed by atoms with E-state index >= 15 is 0 Å². The monoisotopic (exact) mass is 277 g/mol. The number of hydrogen-bond acceptors (Lipinski definition) is 6. The molecule has 1 atom stereocenters. The van der Waals surface area contributed by atoms with Crippen LogP contribution in [0.4, 0.5) is 0 Å². The summed E-state index contributed by atoms with van der Waals surface area (Å²) in [4.78, 5) is 12.8. The highest BCUT2D eigenvalue weighted by Crippen LogP contribution is 2.04. The first-order chi connectivity index (χ1) is 9.24. The van der Waals surface area contributed by atoms with Gasteiger partial charge in [0.25, 0.3) is 0 Å². The van der Waals surface area contributed by atoms with E-state index in [0.717, 1.165) is 6.54 Å². The number of carbonyl (C=O) groups is 1. The maximum absolute atomic E-state index is 10.8. The van der Waals surface area contributed by atoms with E-state index in [1.807, 2.05) is 4.90 Å². The molecule has 0 aromatic rings. The Balaban J connectivity index is 1.95. The molecule has 0 radical (unpaired) electrons. The second-order valence-corrected chi connectivity index (χ2v) is 4.22. The van der Waals surface area contributed by atoms with Crippen LogP contribution in [-0.2, 0) is 23.7 Å². The van der Waals surface area contributed by atoms with Gasteiger partial charge in [0.2, 0.25) is 0 Å². The van der Waals surface area contributed by atoms with Crippen molar-refractivity contribution in [3.63, 3.8) is 0 Å². The van der Waals surface area contributed by atoms with Crippen molar-refractivity contribution in [2.45, 2.75) is 6.10 Å². The van der Waals surface area contributed by atoms with E-state index < -0.39 is 12.1 Å². The van der Waals surface area contributed by atoms with Crippen LogP contribution in [0.25, 0.3) is 0 Å². The number of hydrogen-bond donors (Lipinski definition) is 1. The van der Waals surface area contributed by atoms with Gasteiger partial charge in [-0.2, -0.15) is 0 Å². The fraction of sp³-hybridized carbons (Fsp3) is 0.917. The van der Waals surface area contributed by atoms with E-state index in [-0.39, 0.29) is 0 Å². The second kappa shape index (κ2) is 10.1. The topological polar surface area (TPSA) is 77.5 Å². The van der Waals surface area contributed by atoms with Gasteiger partial charge in [-0.1, -0.05) is 0 Å². The van der Waals surface area contributed by atoms with Gasteiger partial charge >= 0.3 is 5.97 Å². The summed E-state index contributed by atoms with van der Waals surface area (Å²) in [5.74, 6) is -0.905. The second-order valence-electron chi connectivity index (χ2n) is 4.22. The minimum absolute atomic E-state index is 0.420. The van der Waals surface area contributed by atoms with Crippen molar-refractivity contribution in [1.29, 1.82) is 0 Å². The molecule has 0 bridgehead atoms. The molecule has 1 saturated heterocycles. The third kappa shape index (κ3) is 7.44. The minimum atomic E-state index is -0.905. The highest BCUT2D eigenvalue weighted by atomic mass is 16.5. The summed E-state index contributed by atoms with van der Waals surface area (Å²) in [6.45, 7) is 5.15. The summed E-state index contributed by atoms with van der Waals surface area (Å²) in [7, 11) is 1.63. The maximum Gasteiger partial charge on any atom is 0.334 e. The van der Waals surface area contributed by atoms with Crippen molar-refractivity contribution in [1.82, 2.24) is 4.90 Å². The quantitative estimate of drug-likeness (QED) is 0.537. The molecular weight excluding hydrogens is 254 g/mol. The Bertz CT molecular complexity index is 250. The molecule has 1 N–H and O–H groups in total. The number of rotatable bonds is 10. The predicted molar refractivity (Wildman–Crippen MR) is 67.3 cm³/mol. The molecule has 0 aliphatic carbocycles. The molecule has 1 unspecified atom stereocenters. The first kappa shape index (κ1) is 16.3. The SMILES string of the molecule is COCCOCCOCCN1CCOC(C(=O)O)C1. The molecule has 7 nitrogen and oxygen atoms in total. The number of carboxylic acid groups (broad SMARTS) is 1. The van der Waals surface area contributed by atoms with Crippen molar-refractivity contribution >= 4 is 5.97 Å². The van der Waals surface area contributed by atoms with Gasteiger partial charge in [-0.05, 0) is 0 Å². The highest BCUT2D eigenvalue weighted by Gasteiger charge is 2.25. The lowest BCUT2D eigenvalue weighted by Gasteiger charge is -2.30. The first-order valence-electron chi connectivity index (χ1n) is 6.45. The van der Waals surface area contributed by atoms with E-state index in [4.69, 9.17) is 24.1 Å². The molecule has 0 amide bonds. The molecule has 112 valence electrons. The fourth-order valence-electron chi connectivity index (χ4n) is 1.71. The average molecular weight is 277 g/mol. The van der Waals surface area contributed by atoms with E-state index in [9.17, 15) is 4.79 Å². The number of nitrogens with zero attached hydrogens (tertiary/aromatic N) is 1. The standard InChI is InChI=1S/C12H23NO6/c1-16-6-7-18-9-8-17-4-2-13-3-5-19-11(10-13)12(14)15/h11H,2-10H2,1H3,(H,14,15). The summed E-state index contributed by atoms with van der Waals surface area (Å²) in [5, 5.41) is 8.86. The number of aliphatic carboxylic acids is 1. The van der Waals surface area contributed by atoms with E-state index in [1.165, 1.54) is 0 Å². The van der Waals surface area contributed by atoms with Gasteiger partial charge in [-0.25, -0.2) is 4.79 Å². The summed E-state index contributed by atoms with van der Waals surface area (Å²) >= 11 is 0. The normalized spacial score (nSPS) is 20.6. The van der Waals surface area contributed by atoms with Gasteiger partial charge in [0.1, 0.15) is 0 Å². The summed E-state index contributed by atoms with van der Waals surface area (Å²) in [6.07, 6.45) is -0.717. The average Bonchev–Trinajstić information content (AvgIpc) is 2.42. The number of ether oxygens (including phenoxy) is 4. The zero-order valence-corrected chi connectivity index (χ0v) is 11.4. The summed E-state index contributed by atoms with van der Waals surface area (Å²) in [6, 6.07) is 0. The van der Waals surface area contributed by atoms with Gasteiger partial charge in [-0.15, -0.1) is 0 Å². The Hall–Kier alpha value is -0.730. The summed E-state index contributed by atoms with van der Waals surface area (Å²) < 4.78 is 20.7. The van der Waals surface area contributed by atoms with Crippen LogP contribution in [0.15, 0.2) is 0 Å². The molecule has 0 spiro atoms. The van der Waals surface area contributed by atoms with Crippen molar-refractivity contribution < 1.29 is 28.8 Å². The lowest BCUT2D eigenvalue weighted by molar-refractivity contribution is -0.156. The van der Waals surface area contributed by atoms with Crippen LogP contribution in [0.2, 0.25) is 0 Å². The van der Waals surface area contributed by atoms with Crippen LogP contribution >= 0.6 is 0 Å². The van der Waals surface area contributed by atoms with Gasteiger partial charge in [0.05, 0.1) is 39.6 Å². The van der Waals surface area contributed by atoms with Crippen molar-refractivity contribution in [2.75, 3.05) is 66.4 Å². The van der Waals surface area contributed by atoms with Gasteiger partial charge in [-0.3, -0.25) is 4.90 Å². The molecule has 7 heteroatoms. The Labute approximate surface area is 113 Å². The Kier molecular flexibility index (Phi) is 8.68. The third-order valence-electron chi connectivity index (χ3n) is 2.78. The predicted octanol–water partition coefficient (Wildman–Crippen LogP) is -0.549. The number of carboxylic acids is 1. The van der Waals surface area contributed by atoms with E-state index in [0.29, 0.717) is 52.7 Å². The highest BCUT2D eigenvalue weighted by molar-refractivity contribution is 5.72. The molecule has 1 aliphatic heterocycles. The van der Waals surface area contributed by atoms with Crippen LogP contribution in [0, 0.1) is 0 Å². The van der Waals surface area contributed by atoms with Crippen molar-refractivity contribution in [2.24, 2.45) is 0 Å². The van der Waals surface area contributed by atoms with Gasteiger partial charge in [0, 0.05) is 26.7 Å². The lowest BCUT2D eigenvalue weighted by Crippen LogP contribution is -2.47. The van der Waals surface area contributed by atoms with Crippen molar-refractivity contribution in [3.05, 3.63) is 0 Å². The Morgan fingerprint density at radius 3 is 2.63 bits per heavy atom. The molecule has 1 fully saturated rings. The zero-order chi connectivity index (χ0) is 13.9. The van der Waals surface area contributed by atoms with Crippen LogP contribution in [0.3, 0.4) is 0 Å². The van der Waals surface area contributed by atoms with Crippen LogP contribution < -0.4 is 0 Å². The molecule has 0 aromatic carbocycles. The maximum atomic E-state index is 10.8. The van der Waals surface area contributed by atoms with Gasteiger partial charge in [0.15, 0.2) is 6.10 Å². The largest absolute Gasteiger partial charge is 0.479 e. The number of morpholine rings is 1. The van der Waals surface area contributed by atoms with Crippen LogP contribution in [0.5, 0.6) is 0 Å². The van der Waals surface area contributed by atoms with Crippen LogP contribution in [-0.4, -0.2) is 88.5 Å². The molecular formula is C12H23NO6. The van der Waals surface area contributed by atoms with Crippen LogP contribution in [0.1, 0.15) is 0 Å². The number of methoxy groups -OCH3 is 1. The minimum Gasteiger partial charge on any atom is -0.479 e. The summed E-state index contributed by atoms with van der Waals surface area (Å²) in [5.41, 5.74) is 0. The molecule has 0 aromatic heterocycles. The third-order valence-corrected chi connectivity index (χ3v) is 2.78. The molecule has 1 rings (SSSR count). The van der Waals surface area contributed by atoms with Gasteiger partial charge < -0.3 is 24.1 Å². The molecule has 0 saturated carbocycles. The first-order valence-corrected chi connectivity index (χ1v) is 6.45. The molecule has 1 heterocycles. The van der Waals surface area contributed by atoms with Crippen molar-refractivity contribution in [3.8, 4) is 0 Å². The Morgan fingerprint density at radius 2 is 1.95 bits per heavy atom. The molecule has 19 heavy (non-hydrogen) atoms.